The molecule has 0 radical (unpaired) electrons. The number of fused-ring (bicyclic) bond motifs is 1. The number of morpholine rings is 1. The number of benzene rings is 1. The number of anilines is 2. The maximum Gasteiger partial charge on any atom is 0.409 e. The van der Waals surface area contributed by atoms with Crippen molar-refractivity contribution < 1.29 is 19.1 Å². The van der Waals surface area contributed by atoms with Crippen LogP contribution in [0.5, 0.6) is 0 Å². The number of methoxy groups -OCH3 is 1. The highest BCUT2D eigenvalue weighted by Crippen LogP contribution is 2.32. The van der Waals surface area contributed by atoms with Crippen LogP contribution in [-0.2, 0) is 14.3 Å². The molecule has 0 aliphatic carbocycles. The summed E-state index contributed by atoms with van der Waals surface area (Å²) in [5.74, 6) is 1.32. The first-order valence-electron chi connectivity index (χ1n) is 12.3. The number of aromatic nitrogens is 4. The monoisotopic (exact) mass is 493 g/mol. The molecule has 190 valence electrons. The Morgan fingerprint density at radius 3 is 2.53 bits per heavy atom. The van der Waals surface area contributed by atoms with Crippen LogP contribution in [0.3, 0.4) is 0 Å². The second kappa shape index (κ2) is 10.1. The molecule has 1 atom stereocenters. The average molecular weight is 494 g/mol. The molecule has 2 amide bonds. The molecule has 1 unspecified atom stereocenters. The van der Waals surface area contributed by atoms with Crippen molar-refractivity contribution >= 4 is 34.5 Å². The van der Waals surface area contributed by atoms with Crippen molar-refractivity contribution in [2.75, 3.05) is 50.1 Å². The van der Waals surface area contributed by atoms with Gasteiger partial charge in [-0.3, -0.25) is 4.79 Å². The van der Waals surface area contributed by atoms with Gasteiger partial charge >= 0.3 is 6.09 Å². The van der Waals surface area contributed by atoms with Crippen molar-refractivity contribution in [3.63, 3.8) is 0 Å². The van der Waals surface area contributed by atoms with Crippen LogP contribution in [0.25, 0.3) is 22.4 Å². The van der Waals surface area contributed by atoms with E-state index in [-0.39, 0.29) is 24.1 Å². The number of rotatable bonds is 4. The molecule has 11 nitrogen and oxygen atoms in total. The molecule has 2 aromatic heterocycles. The molecule has 1 aromatic carbocycles. The van der Waals surface area contributed by atoms with E-state index in [2.05, 4.69) is 17.1 Å². The molecular weight excluding hydrogens is 462 g/mol. The number of ether oxygens (including phenoxy) is 2. The summed E-state index contributed by atoms with van der Waals surface area (Å²) in [7, 11) is 1.41. The van der Waals surface area contributed by atoms with Gasteiger partial charge in [0.15, 0.2) is 11.5 Å². The van der Waals surface area contributed by atoms with E-state index < -0.39 is 0 Å². The summed E-state index contributed by atoms with van der Waals surface area (Å²) in [6.45, 7) is 6.86. The first kappa shape index (κ1) is 24.0. The lowest BCUT2D eigenvalue weighted by Gasteiger charge is -2.33. The number of nitrogens with zero attached hydrogens (tertiary/aromatic N) is 6. The third kappa shape index (κ3) is 4.83. The third-order valence-electron chi connectivity index (χ3n) is 6.68. The van der Waals surface area contributed by atoms with Gasteiger partial charge in [0, 0.05) is 44.4 Å². The largest absolute Gasteiger partial charge is 0.453 e. The third-order valence-corrected chi connectivity index (χ3v) is 6.68. The van der Waals surface area contributed by atoms with Crippen molar-refractivity contribution in [1.82, 2.24) is 24.6 Å². The summed E-state index contributed by atoms with van der Waals surface area (Å²) < 4.78 is 12.6. The van der Waals surface area contributed by atoms with E-state index >= 15 is 0 Å². The zero-order valence-corrected chi connectivity index (χ0v) is 20.8. The number of piperidine rings is 1. The van der Waals surface area contributed by atoms with Gasteiger partial charge in [-0.05, 0) is 44.0 Å². The molecule has 0 saturated carbocycles. The molecule has 0 spiro atoms. The number of nitrogens with one attached hydrogen (secondary N) is 1. The Morgan fingerprint density at radius 1 is 1.11 bits per heavy atom. The van der Waals surface area contributed by atoms with Crippen molar-refractivity contribution in [2.45, 2.75) is 38.8 Å². The molecule has 4 heterocycles. The Labute approximate surface area is 209 Å². The van der Waals surface area contributed by atoms with Gasteiger partial charge in [-0.25, -0.2) is 19.4 Å². The minimum Gasteiger partial charge on any atom is -0.453 e. The second-order valence-corrected chi connectivity index (χ2v) is 9.27. The fourth-order valence-electron chi connectivity index (χ4n) is 4.89. The molecule has 11 heteroatoms. The Bertz CT molecular complexity index is 1250. The normalized spacial score (nSPS) is 18.9. The Kier molecular flexibility index (Phi) is 6.73. The zero-order valence-electron chi connectivity index (χ0n) is 20.8. The molecular formula is C25H31N7O4. The van der Waals surface area contributed by atoms with Crippen LogP contribution in [0.2, 0.25) is 0 Å². The van der Waals surface area contributed by atoms with Crippen LogP contribution in [0.4, 0.5) is 16.3 Å². The smallest absolute Gasteiger partial charge is 0.409 e. The number of hydrogen-bond donors (Lipinski definition) is 1. The van der Waals surface area contributed by atoms with Gasteiger partial charge in [-0.15, -0.1) is 0 Å². The second-order valence-electron chi connectivity index (χ2n) is 9.27. The van der Waals surface area contributed by atoms with E-state index in [1.165, 1.54) is 14.0 Å². The first-order valence-corrected chi connectivity index (χ1v) is 12.3. The van der Waals surface area contributed by atoms with Crippen LogP contribution in [0.1, 0.15) is 32.7 Å². The highest BCUT2D eigenvalue weighted by Gasteiger charge is 2.28. The predicted octanol–water partition coefficient (Wildman–Crippen LogP) is 3.08. The minimum atomic E-state index is -0.296. The summed E-state index contributed by atoms with van der Waals surface area (Å²) >= 11 is 0. The van der Waals surface area contributed by atoms with Gasteiger partial charge in [-0.1, -0.05) is 0 Å². The summed E-state index contributed by atoms with van der Waals surface area (Å²) in [6.07, 6.45) is 3.18. The van der Waals surface area contributed by atoms with Gasteiger partial charge in [-0.2, -0.15) is 5.10 Å². The molecule has 2 aliphatic rings. The highest BCUT2D eigenvalue weighted by molar-refractivity contribution is 5.90. The molecule has 3 aromatic rings. The SMILES string of the molecule is COC(=O)N1CCC(n2ncc3c(N4CCOC(C)C4)nc(-c4ccc(NC(C)=O)cc4)nc32)CC1. The standard InChI is InChI=1S/C25H31N7O4/c1-16-15-31(12-13-36-16)23-21-14-26-32(20-8-10-30(11-9-20)25(34)35-3)24(21)29-22(28-23)18-4-6-19(7-5-18)27-17(2)33/h4-7,14,16,20H,8-13,15H2,1-3H3,(H,27,33). The number of hydrogen-bond acceptors (Lipinski definition) is 8. The molecule has 2 saturated heterocycles. The number of carbonyl (C=O) groups excluding carboxylic acids is 2. The van der Waals surface area contributed by atoms with Gasteiger partial charge in [0.1, 0.15) is 5.82 Å². The summed E-state index contributed by atoms with van der Waals surface area (Å²) in [5.41, 5.74) is 2.34. The maximum atomic E-state index is 11.9. The number of amides is 2. The topological polar surface area (TPSA) is 115 Å². The van der Waals surface area contributed by atoms with E-state index in [1.807, 2.05) is 35.1 Å². The van der Waals surface area contributed by atoms with E-state index in [0.29, 0.717) is 25.5 Å². The molecule has 36 heavy (non-hydrogen) atoms. The van der Waals surface area contributed by atoms with E-state index in [9.17, 15) is 9.59 Å². The Balaban J connectivity index is 1.53. The van der Waals surface area contributed by atoms with E-state index in [4.69, 9.17) is 24.5 Å². The summed E-state index contributed by atoms with van der Waals surface area (Å²) in [4.78, 5) is 37.2. The predicted molar refractivity (Wildman–Crippen MR) is 135 cm³/mol. The van der Waals surface area contributed by atoms with Crippen molar-refractivity contribution in [3.8, 4) is 11.4 Å². The molecule has 5 rings (SSSR count). The van der Waals surface area contributed by atoms with Crippen molar-refractivity contribution in [2.24, 2.45) is 0 Å². The molecule has 0 bridgehead atoms. The Hall–Kier alpha value is -3.73. The average Bonchev–Trinajstić information content (AvgIpc) is 3.32. The minimum absolute atomic E-state index is 0.0989. The summed E-state index contributed by atoms with van der Waals surface area (Å²) in [5, 5.41) is 8.43. The number of carbonyl (C=O) groups is 2. The first-order chi connectivity index (χ1) is 17.4. The maximum absolute atomic E-state index is 11.9. The van der Waals surface area contributed by atoms with E-state index in [0.717, 1.165) is 54.0 Å². The van der Waals surface area contributed by atoms with Crippen molar-refractivity contribution in [1.29, 1.82) is 0 Å². The van der Waals surface area contributed by atoms with Crippen LogP contribution >= 0.6 is 0 Å². The Morgan fingerprint density at radius 2 is 1.86 bits per heavy atom. The lowest BCUT2D eigenvalue weighted by molar-refractivity contribution is -0.114. The molecule has 2 aliphatic heterocycles. The fourth-order valence-corrected chi connectivity index (χ4v) is 4.89. The molecule has 1 N–H and O–H groups in total. The fraction of sp³-hybridized carbons (Fsp3) is 0.480. The van der Waals surface area contributed by atoms with Crippen LogP contribution in [0, 0.1) is 0 Å². The quantitative estimate of drug-likeness (QED) is 0.590. The lowest BCUT2D eigenvalue weighted by atomic mass is 10.1. The van der Waals surface area contributed by atoms with Crippen LogP contribution in [0.15, 0.2) is 30.5 Å². The highest BCUT2D eigenvalue weighted by atomic mass is 16.5. The van der Waals surface area contributed by atoms with Crippen molar-refractivity contribution in [3.05, 3.63) is 30.5 Å². The summed E-state index contributed by atoms with van der Waals surface area (Å²) in [6, 6.07) is 7.63. The lowest BCUT2D eigenvalue weighted by Crippen LogP contribution is -2.41. The number of likely N-dealkylation sites (tertiary alicyclic amines) is 1. The van der Waals surface area contributed by atoms with E-state index in [1.54, 1.807) is 4.90 Å². The van der Waals surface area contributed by atoms with Gasteiger partial charge in [0.2, 0.25) is 5.91 Å². The van der Waals surface area contributed by atoms with Gasteiger partial charge in [0.05, 0.1) is 37.4 Å². The van der Waals surface area contributed by atoms with Crippen LogP contribution < -0.4 is 10.2 Å². The zero-order chi connectivity index (χ0) is 25.2. The molecule has 2 fully saturated rings. The van der Waals surface area contributed by atoms with Crippen LogP contribution in [-0.4, -0.2) is 82.6 Å². The van der Waals surface area contributed by atoms with Gasteiger partial charge in [0.25, 0.3) is 0 Å². The van der Waals surface area contributed by atoms with Gasteiger partial charge < -0.3 is 24.6 Å².